The van der Waals surface area contributed by atoms with Crippen LogP contribution in [0.1, 0.15) is 23.6 Å². The second-order valence-electron chi connectivity index (χ2n) is 8.29. The van der Waals surface area contributed by atoms with Crippen molar-refractivity contribution in [1.82, 2.24) is 15.1 Å². The minimum atomic E-state index is -0.482. The average molecular weight is 424 g/mol. The highest BCUT2D eigenvalue weighted by Gasteiger charge is 2.22. The van der Waals surface area contributed by atoms with Crippen molar-refractivity contribution < 1.29 is 14.3 Å². The van der Waals surface area contributed by atoms with Gasteiger partial charge < -0.3 is 10.1 Å². The van der Waals surface area contributed by atoms with Crippen LogP contribution in [0.2, 0.25) is 0 Å². The molecule has 31 heavy (non-hydrogen) atoms. The van der Waals surface area contributed by atoms with Crippen molar-refractivity contribution in [3.63, 3.8) is 0 Å². The van der Waals surface area contributed by atoms with Crippen molar-refractivity contribution in [2.75, 3.05) is 39.8 Å². The van der Waals surface area contributed by atoms with E-state index in [0.717, 1.165) is 44.0 Å². The van der Waals surface area contributed by atoms with E-state index in [4.69, 9.17) is 4.74 Å². The zero-order valence-corrected chi connectivity index (χ0v) is 18.8. The molecule has 0 radical (unpaired) electrons. The lowest BCUT2D eigenvalue weighted by atomic mass is 10.0. The Morgan fingerprint density at radius 1 is 1.03 bits per heavy atom. The molecule has 6 nitrogen and oxygen atoms in total. The van der Waals surface area contributed by atoms with Gasteiger partial charge in [-0.25, -0.2) is 0 Å². The summed E-state index contributed by atoms with van der Waals surface area (Å²) in [5, 5.41) is 2.92. The van der Waals surface area contributed by atoms with Gasteiger partial charge in [0.1, 0.15) is 5.75 Å². The number of benzene rings is 2. The zero-order valence-electron chi connectivity index (χ0n) is 18.8. The predicted octanol–water partition coefficient (Wildman–Crippen LogP) is 2.44. The normalized spacial score (nSPS) is 16.0. The fourth-order valence-electron chi connectivity index (χ4n) is 3.97. The first-order chi connectivity index (χ1) is 14.9. The molecule has 6 heteroatoms. The first-order valence-electron chi connectivity index (χ1n) is 10.9. The van der Waals surface area contributed by atoms with E-state index in [9.17, 15) is 9.59 Å². The Hall–Kier alpha value is -2.70. The first-order valence-corrected chi connectivity index (χ1v) is 10.9. The Balaban J connectivity index is 1.47. The number of hydrogen-bond acceptors (Lipinski definition) is 5. The van der Waals surface area contributed by atoms with Crippen LogP contribution in [0.5, 0.6) is 5.75 Å². The van der Waals surface area contributed by atoms with Gasteiger partial charge in [0.2, 0.25) is 5.91 Å². The SMILES string of the molecule is COc1ccc(C)cc1CN1CCN(CC(=O)N[C@H](Cc2ccccc2)C(C)=O)CC1. The largest absolute Gasteiger partial charge is 0.496 e. The van der Waals surface area contributed by atoms with E-state index in [-0.39, 0.29) is 11.7 Å². The van der Waals surface area contributed by atoms with Crippen molar-refractivity contribution in [2.45, 2.75) is 32.9 Å². The summed E-state index contributed by atoms with van der Waals surface area (Å²) in [5.41, 5.74) is 3.46. The summed E-state index contributed by atoms with van der Waals surface area (Å²) in [6.07, 6.45) is 0.522. The van der Waals surface area contributed by atoms with E-state index in [1.165, 1.54) is 18.1 Å². The molecule has 1 aliphatic heterocycles. The van der Waals surface area contributed by atoms with Crippen LogP contribution in [-0.4, -0.2) is 67.4 Å². The molecule has 2 aromatic rings. The van der Waals surface area contributed by atoms with Crippen molar-refractivity contribution in [3.8, 4) is 5.75 Å². The third-order valence-corrected chi connectivity index (χ3v) is 5.77. The van der Waals surface area contributed by atoms with Gasteiger partial charge in [-0.3, -0.25) is 19.4 Å². The number of Topliss-reactive ketones (excluding diaryl/α,β-unsaturated/α-hetero) is 1. The zero-order chi connectivity index (χ0) is 22.2. The fourth-order valence-corrected chi connectivity index (χ4v) is 3.97. The van der Waals surface area contributed by atoms with Crippen LogP contribution in [0.3, 0.4) is 0 Å². The smallest absolute Gasteiger partial charge is 0.234 e. The molecule has 166 valence electrons. The van der Waals surface area contributed by atoms with Crippen molar-refractivity contribution in [2.24, 2.45) is 0 Å². The summed E-state index contributed by atoms with van der Waals surface area (Å²) in [7, 11) is 1.71. The van der Waals surface area contributed by atoms with Crippen LogP contribution in [0.15, 0.2) is 48.5 Å². The number of ketones is 1. The van der Waals surface area contributed by atoms with Crippen LogP contribution in [0.25, 0.3) is 0 Å². The van der Waals surface area contributed by atoms with Gasteiger partial charge in [0.15, 0.2) is 5.78 Å². The van der Waals surface area contributed by atoms with Gasteiger partial charge in [-0.15, -0.1) is 0 Å². The first kappa shape index (κ1) is 23.0. The number of nitrogens with one attached hydrogen (secondary N) is 1. The second-order valence-corrected chi connectivity index (χ2v) is 8.29. The standard InChI is InChI=1S/C25H33N3O3/c1-19-9-10-24(31-3)22(15-19)17-27-11-13-28(14-12-27)18-25(30)26-23(20(2)29)16-21-7-5-4-6-8-21/h4-10,15,23H,11-14,16-18H2,1-3H3,(H,26,30)/t23-/m1/s1. The summed E-state index contributed by atoms with van der Waals surface area (Å²) in [4.78, 5) is 29.1. The number of aryl methyl sites for hydroxylation is 1. The third kappa shape index (κ3) is 6.91. The molecular weight excluding hydrogens is 390 g/mol. The lowest BCUT2D eigenvalue weighted by Gasteiger charge is -2.34. The maximum absolute atomic E-state index is 12.6. The minimum absolute atomic E-state index is 0.0193. The van der Waals surface area contributed by atoms with E-state index < -0.39 is 6.04 Å². The number of carbonyl (C=O) groups is 2. The van der Waals surface area contributed by atoms with E-state index >= 15 is 0 Å². The van der Waals surface area contributed by atoms with Crippen molar-refractivity contribution in [3.05, 3.63) is 65.2 Å². The number of ether oxygens (including phenoxy) is 1. The molecule has 0 saturated carbocycles. The lowest BCUT2D eigenvalue weighted by molar-refractivity contribution is -0.127. The van der Waals surface area contributed by atoms with E-state index in [0.29, 0.717) is 13.0 Å². The van der Waals surface area contributed by atoms with Crippen molar-refractivity contribution >= 4 is 11.7 Å². The lowest BCUT2D eigenvalue weighted by Crippen LogP contribution is -2.51. The molecule has 0 unspecified atom stereocenters. The molecule has 1 heterocycles. The molecular formula is C25H33N3O3. The number of nitrogens with zero attached hydrogens (tertiary/aromatic N) is 2. The summed E-state index contributed by atoms with van der Waals surface area (Å²) >= 11 is 0. The maximum atomic E-state index is 12.6. The number of rotatable bonds is 9. The van der Waals surface area contributed by atoms with Gasteiger partial charge in [-0.05, 0) is 31.9 Å². The summed E-state index contributed by atoms with van der Waals surface area (Å²) < 4.78 is 5.50. The topological polar surface area (TPSA) is 61.9 Å². The summed E-state index contributed by atoms with van der Waals surface area (Å²) in [6.45, 7) is 8.22. The quantitative estimate of drug-likeness (QED) is 0.671. The maximum Gasteiger partial charge on any atom is 0.234 e. The molecule has 0 aliphatic carbocycles. The molecule has 1 atom stereocenters. The third-order valence-electron chi connectivity index (χ3n) is 5.77. The molecule has 1 saturated heterocycles. The molecule has 1 fully saturated rings. The molecule has 3 rings (SSSR count). The molecule has 0 bridgehead atoms. The van der Waals surface area contributed by atoms with Crippen molar-refractivity contribution in [1.29, 1.82) is 0 Å². The van der Waals surface area contributed by atoms with Gasteiger partial charge in [0.05, 0.1) is 19.7 Å². The molecule has 1 N–H and O–H groups in total. The number of piperazine rings is 1. The molecule has 0 spiro atoms. The Labute approximate surface area is 185 Å². The summed E-state index contributed by atoms with van der Waals surface area (Å²) in [5.74, 6) is 0.806. The Morgan fingerprint density at radius 2 is 1.71 bits per heavy atom. The Morgan fingerprint density at radius 3 is 2.35 bits per heavy atom. The van der Waals surface area contributed by atoms with Gasteiger partial charge in [0, 0.05) is 38.3 Å². The molecule has 1 amide bonds. The van der Waals surface area contributed by atoms with Gasteiger partial charge in [0.25, 0.3) is 0 Å². The van der Waals surface area contributed by atoms with Gasteiger partial charge in [-0.1, -0.05) is 48.0 Å². The van der Waals surface area contributed by atoms with Gasteiger partial charge in [-0.2, -0.15) is 0 Å². The van der Waals surface area contributed by atoms with E-state index in [1.54, 1.807) is 7.11 Å². The predicted molar refractivity (Wildman–Crippen MR) is 122 cm³/mol. The number of carbonyl (C=O) groups excluding carboxylic acids is 2. The second kappa shape index (κ2) is 11.1. The molecule has 1 aliphatic rings. The highest BCUT2D eigenvalue weighted by molar-refractivity contribution is 5.88. The van der Waals surface area contributed by atoms with Crippen LogP contribution < -0.4 is 10.1 Å². The number of hydrogen-bond donors (Lipinski definition) is 1. The summed E-state index contributed by atoms with van der Waals surface area (Å²) in [6, 6.07) is 15.6. The highest BCUT2D eigenvalue weighted by Crippen LogP contribution is 2.22. The van der Waals surface area contributed by atoms with Crippen LogP contribution in [0.4, 0.5) is 0 Å². The molecule has 0 aromatic heterocycles. The fraction of sp³-hybridized carbons (Fsp3) is 0.440. The average Bonchev–Trinajstić information content (AvgIpc) is 2.75. The Kier molecular flexibility index (Phi) is 8.20. The minimum Gasteiger partial charge on any atom is -0.496 e. The number of methoxy groups -OCH3 is 1. The van der Waals surface area contributed by atoms with Crippen LogP contribution in [-0.2, 0) is 22.6 Å². The van der Waals surface area contributed by atoms with E-state index in [2.05, 4.69) is 34.2 Å². The number of amides is 1. The van der Waals surface area contributed by atoms with Gasteiger partial charge >= 0.3 is 0 Å². The van der Waals surface area contributed by atoms with E-state index in [1.807, 2.05) is 36.4 Å². The highest BCUT2D eigenvalue weighted by atomic mass is 16.5. The van der Waals surface area contributed by atoms with Crippen LogP contribution >= 0.6 is 0 Å². The van der Waals surface area contributed by atoms with Crippen LogP contribution in [0, 0.1) is 6.92 Å². The monoisotopic (exact) mass is 423 g/mol. The Bertz CT molecular complexity index is 877. The molecule has 2 aromatic carbocycles.